The molecule has 1 aromatic heterocycles. The standard InChI is InChI=1S/C24H30N4O.2C2H2O4/c1-19-24(20(2)28(26-19)23-10-4-3-5-11-23)17-25-16-21-8-6-7-9-22(21)18-27-12-14-29-15-13-27;2*3-1(4)2(5)6/h3-11,25H,12-18H2,1-2H3;2*(H,3,4)(H,5,6). The van der Waals surface area contributed by atoms with Gasteiger partial charge in [-0.05, 0) is 37.1 Å². The zero-order chi connectivity index (χ0) is 30.4. The molecule has 4 rings (SSSR count). The van der Waals surface area contributed by atoms with Crippen molar-refractivity contribution in [2.45, 2.75) is 33.5 Å². The third-order valence-electron chi connectivity index (χ3n) is 6.04. The number of aromatic nitrogens is 2. The van der Waals surface area contributed by atoms with Crippen molar-refractivity contribution >= 4 is 23.9 Å². The molecule has 220 valence electrons. The van der Waals surface area contributed by atoms with E-state index in [-0.39, 0.29) is 0 Å². The van der Waals surface area contributed by atoms with Gasteiger partial charge in [-0.25, -0.2) is 23.9 Å². The number of carboxylic acids is 4. The van der Waals surface area contributed by atoms with Crippen molar-refractivity contribution in [3.63, 3.8) is 0 Å². The first kappa shape index (κ1) is 32.6. The van der Waals surface area contributed by atoms with E-state index in [0.29, 0.717) is 0 Å². The van der Waals surface area contributed by atoms with Crippen LogP contribution in [0.5, 0.6) is 0 Å². The lowest BCUT2D eigenvalue weighted by atomic mass is 10.1. The SMILES string of the molecule is Cc1nn(-c2ccccc2)c(C)c1CNCc1ccccc1CN1CCOCC1.O=C(O)C(=O)O.O=C(O)C(=O)O. The topological polar surface area (TPSA) is 192 Å². The molecule has 0 amide bonds. The van der Waals surface area contributed by atoms with Crippen LogP contribution in [0.1, 0.15) is 28.1 Å². The third-order valence-corrected chi connectivity index (χ3v) is 6.04. The average Bonchev–Trinajstić information content (AvgIpc) is 3.24. The molecule has 1 saturated heterocycles. The molecule has 0 spiro atoms. The fourth-order valence-electron chi connectivity index (χ4n) is 3.96. The first-order valence-corrected chi connectivity index (χ1v) is 12.6. The highest BCUT2D eigenvalue weighted by atomic mass is 16.5. The second kappa shape index (κ2) is 16.5. The van der Waals surface area contributed by atoms with E-state index in [2.05, 4.69) is 72.6 Å². The van der Waals surface area contributed by atoms with Crippen LogP contribution in [0.15, 0.2) is 54.6 Å². The molecule has 2 heterocycles. The number of rotatable bonds is 7. The molecule has 0 unspecified atom stereocenters. The summed E-state index contributed by atoms with van der Waals surface area (Å²) in [5.74, 6) is -7.30. The number of hydrogen-bond donors (Lipinski definition) is 5. The molecule has 1 aliphatic heterocycles. The van der Waals surface area contributed by atoms with Gasteiger partial charge in [0, 0.05) is 44.0 Å². The summed E-state index contributed by atoms with van der Waals surface area (Å²) in [7, 11) is 0. The fraction of sp³-hybridized carbons (Fsp3) is 0.321. The molecule has 41 heavy (non-hydrogen) atoms. The Kier molecular flexibility index (Phi) is 13.1. The van der Waals surface area contributed by atoms with Crippen LogP contribution in [0, 0.1) is 13.8 Å². The Morgan fingerprint density at radius 1 is 0.780 bits per heavy atom. The summed E-state index contributed by atoms with van der Waals surface area (Å²) in [6, 6.07) is 19.1. The van der Waals surface area contributed by atoms with Gasteiger partial charge in [-0.2, -0.15) is 5.10 Å². The van der Waals surface area contributed by atoms with Crippen molar-refractivity contribution < 1.29 is 44.3 Å². The van der Waals surface area contributed by atoms with Gasteiger partial charge < -0.3 is 30.5 Å². The Hall–Kier alpha value is -4.59. The van der Waals surface area contributed by atoms with Crippen molar-refractivity contribution in [2.24, 2.45) is 0 Å². The highest BCUT2D eigenvalue weighted by molar-refractivity contribution is 6.27. The maximum absolute atomic E-state index is 9.10. The molecular weight excluding hydrogens is 536 g/mol. The Morgan fingerprint density at radius 2 is 1.29 bits per heavy atom. The Morgan fingerprint density at radius 3 is 1.83 bits per heavy atom. The summed E-state index contributed by atoms with van der Waals surface area (Å²) in [6.07, 6.45) is 0. The van der Waals surface area contributed by atoms with Gasteiger partial charge in [0.05, 0.1) is 24.6 Å². The molecule has 1 aliphatic rings. The molecule has 0 aliphatic carbocycles. The van der Waals surface area contributed by atoms with Crippen molar-refractivity contribution in [3.8, 4) is 5.69 Å². The van der Waals surface area contributed by atoms with Crippen molar-refractivity contribution in [1.82, 2.24) is 20.0 Å². The number of nitrogens with one attached hydrogen (secondary N) is 1. The van der Waals surface area contributed by atoms with Crippen molar-refractivity contribution in [1.29, 1.82) is 0 Å². The van der Waals surface area contributed by atoms with E-state index in [4.69, 9.17) is 49.4 Å². The molecule has 1 fully saturated rings. The van der Waals surface area contributed by atoms with E-state index in [9.17, 15) is 0 Å². The minimum Gasteiger partial charge on any atom is -0.473 e. The summed E-state index contributed by atoms with van der Waals surface area (Å²) < 4.78 is 7.52. The van der Waals surface area contributed by atoms with E-state index in [0.717, 1.165) is 57.3 Å². The number of hydrogen-bond acceptors (Lipinski definition) is 8. The summed E-state index contributed by atoms with van der Waals surface area (Å²) in [5, 5.41) is 38.0. The Balaban J connectivity index is 0.000000413. The van der Waals surface area contributed by atoms with Crippen LogP contribution in [0.25, 0.3) is 5.69 Å². The van der Waals surface area contributed by atoms with Gasteiger partial charge in [0.2, 0.25) is 0 Å². The van der Waals surface area contributed by atoms with Gasteiger partial charge in [-0.1, -0.05) is 42.5 Å². The molecule has 3 aromatic rings. The second-order valence-electron chi connectivity index (χ2n) is 8.88. The maximum atomic E-state index is 9.10. The third kappa shape index (κ3) is 10.8. The van der Waals surface area contributed by atoms with Crippen LogP contribution in [-0.2, 0) is 43.5 Å². The van der Waals surface area contributed by atoms with E-state index in [1.165, 1.54) is 22.4 Å². The normalized spacial score (nSPS) is 12.7. The van der Waals surface area contributed by atoms with E-state index >= 15 is 0 Å². The number of carboxylic acid groups (broad SMARTS) is 4. The van der Waals surface area contributed by atoms with Gasteiger partial charge in [-0.15, -0.1) is 0 Å². The average molecular weight is 571 g/mol. The maximum Gasteiger partial charge on any atom is 0.414 e. The zero-order valence-electron chi connectivity index (χ0n) is 22.8. The first-order chi connectivity index (χ1) is 19.5. The zero-order valence-corrected chi connectivity index (χ0v) is 22.8. The van der Waals surface area contributed by atoms with Gasteiger partial charge in [0.15, 0.2) is 0 Å². The molecular formula is C28H34N4O9. The summed E-state index contributed by atoms with van der Waals surface area (Å²) >= 11 is 0. The van der Waals surface area contributed by atoms with Gasteiger partial charge >= 0.3 is 23.9 Å². The predicted molar refractivity (Wildman–Crippen MR) is 147 cm³/mol. The van der Waals surface area contributed by atoms with Crippen LogP contribution in [-0.4, -0.2) is 85.3 Å². The number of benzene rings is 2. The van der Waals surface area contributed by atoms with Crippen molar-refractivity contribution in [2.75, 3.05) is 26.3 Å². The number of ether oxygens (including phenoxy) is 1. The lowest BCUT2D eigenvalue weighted by molar-refractivity contribution is -0.159. The second-order valence-corrected chi connectivity index (χ2v) is 8.88. The Bertz CT molecular complexity index is 1270. The fourth-order valence-corrected chi connectivity index (χ4v) is 3.96. The minimum atomic E-state index is -1.82. The molecule has 13 nitrogen and oxygen atoms in total. The highest BCUT2D eigenvalue weighted by Gasteiger charge is 2.14. The van der Waals surface area contributed by atoms with Crippen LogP contribution in [0.2, 0.25) is 0 Å². The number of aliphatic carboxylic acids is 4. The van der Waals surface area contributed by atoms with E-state index in [1.54, 1.807) is 0 Å². The monoisotopic (exact) mass is 570 g/mol. The van der Waals surface area contributed by atoms with Gasteiger partial charge in [0.25, 0.3) is 0 Å². The van der Waals surface area contributed by atoms with Crippen LogP contribution in [0.3, 0.4) is 0 Å². The van der Waals surface area contributed by atoms with Crippen LogP contribution < -0.4 is 5.32 Å². The first-order valence-electron chi connectivity index (χ1n) is 12.6. The van der Waals surface area contributed by atoms with Crippen molar-refractivity contribution in [3.05, 3.63) is 82.7 Å². The lowest BCUT2D eigenvalue weighted by Gasteiger charge is -2.27. The molecule has 0 saturated carbocycles. The molecule has 5 N–H and O–H groups in total. The smallest absolute Gasteiger partial charge is 0.414 e. The van der Waals surface area contributed by atoms with Gasteiger partial charge in [-0.3, -0.25) is 4.90 Å². The molecule has 0 bridgehead atoms. The highest BCUT2D eigenvalue weighted by Crippen LogP contribution is 2.18. The lowest BCUT2D eigenvalue weighted by Crippen LogP contribution is -2.36. The Labute approximate surface area is 236 Å². The van der Waals surface area contributed by atoms with E-state index in [1.807, 2.05) is 10.7 Å². The van der Waals surface area contributed by atoms with Crippen LogP contribution in [0.4, 0.5) is 0 Å². The van der Waals surface area contributed by atoms with Gasteiger partial charge in [0.1, 0.15) is 0 Å². The predicted octanol–water partition coefficient (Wildman–Crippen LogP) is 1.92. The quantitative estimate of drug-likeness (QED) is 0.260. The summed E-state index contributed by atoms with van der Waals surface area (Å²) in [5.41, 5.74) is 7.43. The summed E-state index contributed by atoms with van der Waals surface area (Å²) in [6.45, 7) is 10.6. The number of para-hydroxylation sites is 1. The summed E-state index contributed by atoms with van der Waals surface area (Å²) in [4.78, 5) is 38.9. The molecule has 13 heteroatoms. The minimum absolute atomic E-state index is 0.816. The number of nitrogens with zero attached hydrogens (tertiary/aromatic N) is 3. The largest absolute Gasteiger partial charge is 0.473 e. The number of aryl methyl sites for hydroxylation is 1. The number of carbonyl (C=O) groups is 4. The molecule has 0 atom stereocenters. The van der Waals surface area contributed by atoms with Crippen LogP contribution >= 0.6 is 0 Å². The number of morpholine rings is 1. The molecule has 0 radical (unpaired) electrons. The molecule has 2 aromatic carbocycles. The van der Waals surface area contributed by atoms with E-state index < -0.39 is 23.9 Å².